The predicted molar refractivity (Wildman–Crippen MR) is 85.4 cm³/mol. The Kier molecular flexibility index (Phi) is 4.96. The summed E-state index contributed by atoms with van der Waals surface area (Å²) < 4.78 is 5.42. The van der Waals surface area contributed by atoms with Crippen molar-refractivity contribution in [2.45, 2.75) is 44.6 Å². The number of hydrogen-bond donors (Lipinski definition) is 1. The zero-order valence-corrected chi connectivity index (χ0v) is 13.3. The number of carboxylic acids is 1. The molecule has 0 spiro atoms. The molecule has 23 heavy (non-hydrogen) atoms. The number of aryl methyl sites for hydroxylation is 2. The first-order valence-corrected chi connectivity index (χ1v) is 8.33. The highest BCUT2D eigenvalue weighted by Gasteiger charge is 2.26. The molecule has 1 aliphatic carbocycles. The number of carbonyl (C=O) groups is 2. The third-order valence-electron chi connectivity index (χ3n) is 4.66. The number of benzene rings is 1. The van der Waals surface area contributed by atoms with Crippen molar-refractivity contribution >= 4 is 11.9 Å². The Morgan fingerprint density at radius 1 is 1.22 bits per heavy atom. The van der Waals surface area contributed by atoms with Crippen molar-refractivity contribution in [1.29, 1.82) is 0 Å². The zero-order chi connectivity index (χ0) is 16.2. The van der Waals surface area contributed by atoms with E-state index < -0.39 is 12.1 Å². The Morgan fingerprint density at radius 2 is 2.00 bits per heavy atom. The van der Waals surface area contributed by atoms with Crippen LogP contribution < -0.4 is 0 Å². The maximum absolute atomic E-state index is 12.5. The van der Waals surface area contributed by atoms with Crippen molar-refractivity contribution in [2.24, 2.45) is 0 Å². The number of nitrogens with zero attached hydrogens (tertiary/aromatic N) is 1. The summed E-state index contributed by atoms with van der Waals surface area (Å²) >= 11 is 0. The normalized spacial score (nSPS) is 20.9. The second kappa shape index (κ2) is 7.13. The quantitative estimate of drug-likeness (QED) is 0.920. The molecular formula is C18H23NO4. The summed E-state index contributed by atoms with van der Waals surface area (Å²) in [5, 5.41) is 8.85. The van der Waals surface area contributed by atoms with Crippen molar-refractivity contribution in [3.05, 3.63) is 34.9 Å². The van der Waals surface area contributed by atoms with E-state index >= 15 is 0 Å². The average molecular weight is 317 g/mol. The lowest BCUT2D eigenvalue weighted by Gasteiger charge is -2.32. The van der Waals surface area contributed by atoms with Gasteiger partial charge in [-0.1, -0.05) is 18.2 Å². The molecule has 1 aliphatic heterocycles. The van der Waals surface area contributed by atoms with E-state index in [1.54, 1.807) is 4.90 Å². The van der Waals surface area contributed by atoms with Crippen LogP contribution in [-0.4, -0.2) is 47.7 Å². The van der Waals surface area contributed by atoms with Gasteiger partial charge in [0, 0.05) is 13.1 Å². The van der Waals surface area contributed by atoms with E-state index in [-0.39, 0.29) is 12.3 Å². The molecule has 1 aromatic rings. The van der Waals surface area contributed by atoms with E-state index in [1.165, 1.54) is 24.0 Å². The summed E-state index contributed by atoms with van der Waals surface area (Å²) in [7, 11) is 0. The van der Waals surface area contributed by atoms with Crippen molar-refractivity contribution in [2.75, 3.05) is 19.7 Å². The molecule has 0 aromatic heterocycles. The zero-order valence-electron chi connectivity index (χ0n) is 13.3. The first-order chi connectivity index (χ1) is 11.1. The van der Waals surface area contributed by atoms with Crippen LogP contribution in [-0.2, 0) is 33.6 Å². The number of ether oxygens (including phenoxy) is 1. The van der Waals surface area contributed by atoms with E-state index in [0.717, 1.165) is 18.4 Å². The van der Waals surface area contributed by atoms with Gasteiger partial charge in [0.15, 0.2) is 0 Å². The first kappa shape index (κ1) is 16.0. The minimum absolute atomic E-state index is 0.0530. The van der Waals surface area contributed by atoms with Gasteiger partial charge < -0.3 is 14.7 Å². The lowest BCUT2D eigenvalue weighted by Crippen LogP contribution is -2.46. The largest absolute Gasteiger partial charge is 0.481 e. The lowest BCUT2D eigenvalue weighted by atomic mass is 9.90. The second-order valence-electron chi connectivity index (χ2n) is 6.42. The second-order valence-corrected chi connectivity index (χ2v) is 6.42. The molecule has 5 heteroatoms. The van der Waals surface area contributed by atoms with Crippen molar-refractivity contribution in [3.8, 4) is 0 Å². The molecule has 5 nitrogen and oxygen atoms in total. The smallest absolute Gasteiger partial charge is 0.306 e. The monoisotopic (exact) mass is 317 g/mol. The lowest BCUT2D eigenvalue weighted by molar-refractivity contribution is -0.147. The van der Waals surface area contributed by atoms with Gasteiger partial charge in [-0.2, -0.15) is 0 Å². The van der Waals surface area contributed by atoms with Crippen LogP contribution in [0.15, 0.2) is 18.2 Å². The number of amides is 1. The van der Waals surface area contributed by atoms with Gasteiger partial charge in [-0.15, -0.1) is 0 Å². The van der Waals surface area contributed by atoms with Crippen molar-refractivity contribution in [3.63, 3.8) is 0 Å². The fourth-order valence-corrected chi connectivity index (χ4v) is 3.45. The molecule has 1 unspecified atom stereocenters. The topological polar surface area (TPSA) is 66.8 Å². The molecule has 1 amide bonds. The van der Waals surface area contributed by atoms with E-state index in [1.807, 2.05) is 0 Å². The van der Waals surface area contributed by atoms with Crippen LogP contribution in [0.25, 0.3) is 0 Å². The Bertz CT molecular complexity index is 599. The molecule has 124 valence electrons. The molecule has 1 N–H and O–H groups in total. The molecule has 1 fully saturated rings. The van der Waals surface area contributed by atoms with Gasteiger partial charge >= 0.3 is 5.97 Å². The average Bonchev–Trinajstić information content (AvgIpc) is 2.54. The standard InChI is InChI=1S/C18H23NO4/c20-17(19-7-8-23-16(12-19)11-18(21)22)10-13-5-6-14-3-1-2-4-15(14)9-13/h5-6,9,16H,1-4,7-8,10-12H2,(H,21,22). The van der Waals surface area contributed by atoms with Gasteiger partial charge in [0.1, 0.15) is 0 Å². The fourth-order valence-electron chi connectivity index (χ4n) is 3.45. The predicted octanol–water partition coefficient (Wildman–Crippen LogP) is 1.81. The van der Waals surface area contributed by atoms with E-state index in [9.17, 15) is 9.59 Å². The molecule has 1 atom stereocenters. The molecule has 3 rings (SSSR count). The van der Waals surface area contributed by atoms with E-state index in [4.69, 9.17) is 9.84 Å². The maximum atomic E-state index is 12.5. The number of rotatable bonds is 4. The van der Waals surface area contributed by atoms with Crippen LogP contribution in [0.1, 0.15) is 36.0 Å². The summed E-state index contributed by atoms with van der Waals surface area (Å²) in [5.41, 5.74) is 3.85. The van der Waals surface area contributed by atoms with Gasteiger partial charge in [-0.25, -0.2) is 0 Å². The molecular weight excluding hydrogens is 294 g/mol. The Balaban J connectivity index is 1.61. The van der Waals surface area contributed by atoms with Gasteiger partial charge in [0.05, 0.1) is 25.6 Å². The number of aliphatic carboxylic acids is 1. The summed E-state index contributed by atoms with van der Waals surface area (Å²) in [4.78, 5) is 25.0. The van der Waals surface area contributed by atoms with Crippen LogP contribution >= 0.6 is 0 Å². The molecule has 0 radical (unpaired) electrons. The Labute approximate surface area is 136 Å². The van der Waals surface area contributed by atoms with Gasteiger partial charge in [-0.05, 0) is 42.4 Å². The number of carbonyl (C=O) groups excluding carboxylic acids is 1. The highest BCUT2D eigenvalue weighted by atomic mass is 16.5. The van der Waals surface area contributed by atoms with Gasteiger partial charge in [0.2, 0.25) is 5.91 Å². The molecule has 2 aliphatic rings. The summed E-state index contributed by atoms with van der Waals surface area (Å²) in [5.74, 6) is -0.835. The van der Waals surface area contributed by atoms with E-state index in [0.29, 0.717) is 26.1 Å². The molecule has 0 bridgehead atoms. The number of fused-ring (bicyclic) bond motifs is 1. The minimum atomic E-state index is -0.890. The molecule has 1 heterocycles. The van der Waals surface area contributed by atoms with Gasteiger partial charge in [0.25, 0.3) is 0 Å². The Morgan fingerprint density at radius 3 is 2.78 bits per heavy atom. The highest BCUT2D eigenvalue weighted by Crippen LogP contribution is 2.22. The highest BCUT2D eigenvalue weighted by molar-refractivity contribution is 5.79. The first-order valence-electron chi connectivity index (χ1n) is 8.33. The molecule has 0 saturated carbocycles. The third kappa shape index (κ3) is 4.10. The van der Waals surface area contributed by atoms with Crippen molar-refractivity contribution < 1.29 is 19.4 Å². The SMILES string of the molecule is O=C(O)CC1CN(C(=O)Cc2ccc3c(c2)CCCC3)CCO1. The molecule has 1 aromatic carbocycles. The Hall–Kier alpha value is -1.88. The minimum Gasteiger partial charge on any atom is -0.481 e. The van der Waals surface area contributed by atoms with Crippen LogP contribution in [0.2, 0.25) is 0 Å². The number of carboxylic acid groups (broad SMARTS) is 1. The number of morpholine rings is 1. The fraction of sp³-hybridized carbons (Fsp3) is 0.556. The summed E-state index contributed by atoms with van der Waals surface area (Å²) in [6.45, 7) is 1.32. The third-order valence-corrected chi connectivity index (χ3v) is 4.66. The summed E-state index contributed by atoms with van der Waals surface area (Å²) in [6, 6.07) is 6.38. The summed E-state index contributed by atoms with van der Waals surface area (Å²) in [6.07, 6.45) is 4.66. The van der Waals surface area contributed by atoms with Crippen LogP contribution in [0, 0.1) is 0 Å². The number of hydrogen-bond acceptors (Lipinski definition) is 3. The van der Waals surface area contributed by atoms with Crippen molar-refractivity contribution in [1.82, 2.24) is 4.90 Å². The van der Waals surface area contributed by atoms with Crippen LogP contribution in [0.5, 0.6) is 0 Å². The van der Waals surface area contributed by atoms with Gasteiger partial charge in [-0.3, -0.25) is 9.59 Å². The van der Waals surface area contributed by atoms with E-state index in [2.05, 4.69) is 18.2 Å². The molecule has 1 saturated heterocycles. The van der Waals surface area contributed by atoms with Crippen LogP contribution in [0.4, 0.5) is 0 Å². The van der Waals surface area contributed by atoms with Crippen LogP contribution in [0.3, 0.4) is 0 Å². The maximum Gasteiger partial charge on any atom is 0.306 e.